The molecule has 4 aliphatic carbocycles. The van der Waals surface area contributed by atoms with E-state index in [1.54, 1.807) is 6.92 Å². The van der Waals surface area contributed by atoms with Crippen molar-refractivity contribution >= 4 is 18.0 Å². The molecular formula is C14H20O2S. The van der Waals surface area contributed by atoms with E-state index in [4.69, 9.17) is 4.18 Å². The first kappa shape index (κ1) is 11.6. The highest BCUT2D eigenvalue weighted by atomic mass is 32.2. The summed E-state index contributed by atoms with van der Waals surface area (Å²) in [5.41, 5.74) is 0.501. The third-order valence-electron chi connectivity index (χ3n) is 4.72. The van der Waals surface area contributed by atoms with Gasteiger partial charge in [-0.05, 0) is 62.7 Å². The topological polar surface area (TPSA) is 26.3 Å². The molecule has 0 unspecified atom stereocenters. The normalized spacial score (nSPS) is 42.5. The molecule has 0 heterocycles. The monoisotopic (exact) mass is 252 g/mol. The van der Waals surface area contributed by atoms with Gasteiger partial charge in [-0.25, -0.2) is 4.79 Å². The number of carbonyl (C=O) groups is 1. The summed E-state index contributed by atoms with van der Waals surface area (Å²) in [5, 5.41) is 0.561. The highest BCUT2D eigenvalue weighted by molar-refractivity contribution is 7.95. The molecule has 0 spiro atoms. The van der Waals surface area contributed by atoms with Crippen molar-refractivity contribution in [3.8, 4) is 0 Å². The lowest BCUT2D eigenvalue weighted by molar-refractivity contribution is -0.128. The van der Waals surface area contributed by atoms with Gasteiger partial charge < -0.3 is 4.18 Å². The fourth-order valence-corrected chi connectivity index (χ4v) is 5.30. The largest absolute Gasteiger partial charge is 0.388 e. The van der Waals surface area contributed by atoms with Gasteiger partial charge in [0.05, 0.1) is 12.0 Å². The second-order valence-corrected chi connectivity index (χ2v) is 7.05. The Balaban J connectivity index is 1.61. The van der Waals surface area contributed by atoms with Crippen LogP contribution in [0.2, 0.25) is 0 Å². The van der Waals surface area contributed by atoms with Crippen LogP contribution in [0.5, 0.6) is 0 Å². The first-order valence-electron chi connectivity index (χ1n) is 6.66. The van der Waals surface area contributed by atoms with Crippen LogP contribution >= 0.6 is 12.0 Å². The van der Waals surface area contributed by atoms with E-state index in [9.17, 15) is 4.79 Å². The minimum atomic E-state index is -0.246. The second kappa shape index (κ2) is 4.34. The zero-order valence-electron chi connectivity index (χ0n) is 10.4. The molecule has 4 rings (SSSR count). The van der Waals surface area contributed by atoms with Crippen LogP contribution in [0.15, 0.2) is 12.2 Å². The average molecular weight is 252 g/mol. The zero-order valence-corrected chi connectivity index (χ0v) is 11.2. The molecule has 0 atom stereocenters. The SMILES string of the molecule is C=C(C)C(=O)OSC1C2CC3CC(C2)CC1C3. The van der Waals surface area contributed by atoms with Crippen LogP contribution in [-0.2, 0) is 8.98 Å². The van der Waals surface area contributed by atoms with E-state index in [0.717, 1.165) is 23.7 Å². The summed E-state index contributed by atoms with van der Waals surface area (Å²) in [4.78, 5) is 11.4. The smallest absolute Gasteiger partial charge is 0.345 e. The Hall–Kier alpha value is -0.440. The predicted molar refractivity (Wildman–Crippen MR) is 69.3 cm³/mol. The van der Waals surface area contributed by atoms with Crippen molar-refractivity contribution in [2.75, 3.05) is 0 Å². The van der Waals surface area contributed by atoms with Crippen molar-refractivity contribution in [3.05, 3.63) is 12.2 Å². The predicted octanol–water partition coefficient (Wildman–Crippen LogP) is 3.58. The van der Waals surface area contributed by atoms with Gasteiger partial charge in [0.15, 0.2) is 0 Å². The lowest BCUT2D eigenvalue weighted by Gasteiger charge is -2.53. The zero-order chi connectivity index (χ0) is 12.0. The van der Waals surface area contributed by atoms with Crippen LogP contribution in [0.1, 0.15) is 39.0 Å². The van der Waals surface area contributed by atoms with E-state index in [1.165, 1.54) is 44.1 Å². The van der Waals surface area contributed by atoms with Crippen LogP contribution in [-0.4, -0.2) is 11.2 Å². The Bertz CT molecular complexity index is 322. The third-order valence-corrected chi connectivity index (χ3v) is 5.96. The minimum Gasteiger partial charge on any atom is -0.388 e. The standard InChI is InChI=1S/C14H20O2S/c1-8(2)14(15)16-17-13-11-4-9-3-10(6-11)7-12(13)5-9/h9-13H,1,3-7H2,2H3. The highest BCUT2D eigenvalue weighted by Crippen LogP contribution is 2.57. The molecule has 4 bridgehead atoms. The van der Waals surface area contributed by atoms with Gasteiger partial charge in [-0.3, -0.25) is 0 Å². The first-order chi connectivity index (χ1) is 8.13. The molecule has 3 heteroatoms. The molecule has 0 N–H and O–H groups in total. The van der Waals surface area contributed by atoms with Crippen molar-refractivity contribution < 1.29 is 8.98 Å². The summed E-state index contributed by atoms with van der Waals surface area (Å²) in [5.74, 6) is 3.31. The van der Waals surface area contributed by atoms with E-state index in [-0.39, 0.29) is 5.97 Å². The van der Waals surface area contributed by atoms with Gasteiger partial charge in [0.1, 0.15) is 0 Å². The molecule has 0 saturated heterocycles. The highest BCUT2D eigenvalue weighted by Gasteiger charge is 2.49. The van der Waals surface area contributed by atoms with Gasteiger partial charge in [0.25, 0.3) is 0 Å². The Morgan fingerprint density at radius 3 is 2.12 bits per heavy atom. The molecule has 0 aliphatic heterocycles. The lowest BCUT2D eigenvalue weighted by atomic mass is 9.56. The van der Waals surface area contributed by atoms with Gasteiger partial charge in [-0.2, -0.15) is 0 Å². The van der Waals surface area contributed by atoms with Crippen molar-refractivity contribution in [3.63, 3.8) is 0 Å². The third kappa shape index (κ3) is 2.14. The molecule has 0 aromatic carbocycles. The number of carbonyl (C=O) groups excluding carboxylic acids is 1. The van der Waals surface area contributed by atoms with Gasteiger partial charge in [0.2, 0.25) is 0 Å². The maximum absolute atomic E-state index is 11.4. The van der Waals surface area contributed by atoms with Crippen LogP contribution < -0.4 is 0 Å². The summed E-state index contributed by atoms with van der Waals surface area (Å²) >= 11 is 1.44. The Kier molecular flexibility index (Phi) is 2.97. The minimum absolute atomic E-state index is 0.246. The summed E-state index contributed by atoms with van der Waals surface area (Å²) in [6, 6.07) is 0. The average Bonchev–Trinajstić information content (AvgIpc) is 2.26. The molecular weight excluding hydrogens is 232 g/mol. The van der Waals surface area contributed by atoms with Crippen LogP contribution in [0, 0.1) is 23.7 Å². The summed E-state index contributed by atoms with van der Waals surface area (Å²) in [7, 11) is 0. The van der Waals surface area contributed by atoms with Crippen molar-refractivity contribution in [1.82, 2.24) is 0 Å². The van der Waals surface area contributed by atoms with E-state index in [1.807, 2.05) is 0 Å². The molecule has 2 nitrogen and oxygen atoms in total. The van der Waals surface area contributed by atoms with Crippen molar-refractivity contribution in [2.24, 2.45) is 23.7 Å². The number of hydrogen-bond donors (Lipinski definition) is 0. The van der Waals surface area contributed by atoms with E-state index in [2.05, 4.69) is 6.58 Å². The summed E-state index contributed by atoms with van der Waals surface area (Å²) in [6.07, 6.45) is 6.95. The van der Waals surface area contributed by atoms with Crippen LogP contribution in [0.4, 0.5) is 0 Å². The number of hydrogen-bond acceptors (Lipinski definition) is 3. The maximum atomic E-state index is 11.4. The van der Waals surface area contributed by atoms with Crippen molar-refractivity contribution in [2.45, 2.75) is 44.3 Å². The molecule has 4 fully saturated rings. The Morgan fingerprint density at radius 2 is 1.65 bits per heavy atom. The van der Waals surface area contributed by atoms with Crippen LogP contribution in [0.3, 0.4) is 0 Å². The molecule has 4 aliphatic rings. The van der Waals surface area contributed by atoms with E-state index < -0.39 is 0 Å². The fourth-order valence-electron chi connectivity index (χ4n) is 4.20. The fraction of sp³-hybridized carbons (Fsp3) is 0.786. The van der Waals surface area contributed by atoms with Gasteiger partial charge in [-0.15, -0.1) is 0 Å². The molecule has 4 saturated carbocycles. The molecule has 94 valence electrons. The van der Waals surface area contributed by atoms with E-state index >= 15 is 0 Å². The van der Waals surface area contributed by atoms with Crippen LogP contribution in [0.25, 0.3) is 0 Å². The Labute approximate surface area is 107 Å². The maximum Gasteiger partial charge on any atom is 0.345 e. The van der Waals surface area contributed by atoms with E-state index in [0.29, 0.717) is 10.8 Å². The quantitative estimate of drug-likeness (QED) is 0.567. The van der Waals surface area contributed by atoms with Gasteiger partial charge in [0, 0.05) is 10.8 Å². The molecule has 17 heavy (non-hydrogen) atoms. The molecule has 0 aromatic heterocycles. The second-order valence-electron chi connectivity index (χ2n) is 6.14. The van der Waals surface area contributed by atoms with Gasteiger partial charge >= 0.3 is 5.97 Å². The number of rotatable bonds is 3. The molecule has 0 amide bonds. The lowest BCUT2D eigenvalue weighted by Crippen LogP contribution is -2.46. The summed E-state index contributed by atoms with van der Waals surface area (Å²) < 4.78 is 5.31. The molecule has 0 aromatic rings. The first-order valence-corrected chi connectivity index (χ1v) is 7.47. The molecule has 0 radical (unpaired) electrons. The Morgan fingerprint density at radius 1 is 1.12 bits per heavy atom. The summed E-state index contributed by atoms with van der Waals surface area (Å²) in [6.45, 7) is 5.33. The van der Waals surface area contributed by atoms with Gasteiger partial charge in [-0.1, -0.05) is 6.58 Å². The van der Waals surface area contributed by atoms with Crippen molar-refractivity contribution in [1.29, 1.82) is 0 Å².